The van der Waals surface area contributed by atoms with Crippen LogP contribution in [-0.2, 0) is 10.3 Å². The molecule has 0 unspecified atom stereocenters. The van der Waals surface area contributed by atoms with Gasteiger partial charge in [-0.2, -0.15) is 0 Å². The van der Waals surface area contributed by atoms with Crippen molar-refractivity contribution in [2.75, 3.05) is 25.6 Å². The minimum atomic E-state index is -0.553. The third-order valence-electron chi connectivity index (χ3n) is 5.20. The molecule has 1 aliphatic heterocycles. The average molecular weight is 393 g/mol. The van der Waals surface area contributed by atoms with Crippen LogP contribution in [0.15, 0.2) is 10.5 Å². The van der Waals surface area contributed by atoms with Crippen molar-refractivity contribution in [3.63, 3.8) is 0 Å². The van der Waals surface area contributed by atoms with E-state index in [1.807, 2.05) is 0 Å². The lowest BCUT2D eigenvalue weighted by Crippen LogP contribution is -2.52. The Morgan fingerprint density at radius 1 is 1.41 bits per heavy atom. The second kappa shape index (κ2) is 7.01. The lowest BCUT2D eigenvalue weighted by Gasteiger charge is -2.42. The van der Waals surface area contributed by atoms with Crippen molar-refractivity contribution in [1.29, 1.82) is 0 Å². The molecule has 27 heavy (non-hydrogen) atoms. The van der Waals surface area contributed by atoms with Gasteiger partial charge in [0.1, 0.15) is 5.52 Å². The van der Waals surface area contributed by atoms with Crippen LogP contribution in [0.1, 0.15) is 48.4 Å². The van der Waals surface area contributed by atoms with Gasteiger partial charge in [-0.15, -0.1) is 0 Å². The second-order valence-electron chi connectivity index (χ2n) is 6.95. The molecule has 2 aromatic rings. The molecule has 0 radical (unpaired) electrons. The first-order valence-corrected chi connectivity index (χ1v) is 9.42. The number of benzene rings is 1. The van der Waals surface area contributed by atoms with Crippen molar-refractivity contribution in [2.24, 2.45) is 0 Å². The number of fused-ring (bicyclic) bond motifs is 4. The van der Waals surface area contributed by atoms with Crippen molar-refractivity contribution in [3.05, 3.63) is 22.5 Å². The SMILES string of the molecule is COCCNC(=O)c1nc2cc(Cl)c3c(c2o1)C1(CCCCC1)NC(=O)N3. The van der Waals surface area contributed by atoms with E-state index >= 15 is 0 Å². The molecule has 1 fully saturated rings. The van der Waals surface area contributed by atoms with Gasteiger partial charge >= 0.3 is 11.9 Å². The number of aromatic nitrogens is 1. The molecule has 3 N–H and O–H groups in total. The van der Waals surface area contributed by atoms with Crippen LogP contribution < -0.4 is 16.0 Å². The van der Waals surface area contributed by atoms with Crippen molar-refractivity contribution in [3.8, 4) is 0 Å². The Kier molecular flexibility index (Phi) is 4.69. The van der Waals surface area contributed by atoms with Gasteiger partial charge in [0.15, 0.2) is 5.58 Å². The van der Waals surface area contributed by atoms with Crippen molar-refractivity contribution in [2.45, 2.75) is 37.6 Å². The number of nitrogens with one attached hydrogen (secondary N) is 3. The van der Waals surface area contributed by atoms with Gasteiger partial charge in [0, 0.05) is 19.2 Å². The van der Waals surface area contributed by atoms with E-state index < -0.39 is 11.4 Å². The van der Waals surface area contributed by atoms with E-state index in [2.05, 4.69) is 20.9 Å². The van der Waals surface area contributed by atoms with Gasteiger partial charge in [-0.25, -0.2) is 9.78 Å². The zero-order valence-electron chi connectivity index (χ0n) is 15.0. The number of nitrogens with zero attached hydrogens (tertiary/aromatic N) is 1. The molecule has 1 spiro atoms. The lowest BCUT2D eigenvalue weighted by molar-refractivity contribution is 0.0904. The minimum absolute atomic E-state index is 0.0339. The molecule has 4 rings (SSSR count). The number of methoxy groups -OCH3 is 1. The van der Waals surface area contributed by atoms with Gasteiger partial charge in [-0.05, 0) is 18.9 Å². The third-order valence-corrected chi connectivity index (χ3v) is 5.49. The fourth-order valence-corrected chi connectivity index (χ4v) is 4.25. The number of urea groups is 1. The first-order valence-electron chi connectivity index (χ1n) is 9.04. The average Bonchev–Trinajstić information content (AvgIpc) is 3.06. The largest absolute Gasteiger partial charge is 0.432 e. The van der Waals surface area contributed by atoms with E-state index in [1.54, 1.807) is 13.2 Å². The Morgan fingerprint density at radius 3 is 2.93 bits per heavy atom. The first kappa shape index (κ1) is 18.1. The predicted octanol–water partition coefficient (Wildman–Crippen LogP) is 3.15. The van der Waals surface area contributed by atoms with Crippen LogP contribution in [0.25, 0.3) is 11.1 Å². The molecule has 1 aromatic heterocycles. The Labute approximate surface area is 161 Å². The Bertz CT molecular complexity index is 904. The molecular formula is C18H21ClN4O4. The monoisotopic (exact) mass is 392 g/mol. The topological polar surface area (TPSA) is 105 Å². The van der Waals surface area contributed by atoms with Gasteiger partial charge in [0.05, 0.1) is 22.9 Å². The van der Waals surface area contributed by atoms with E-state index in [0.29, 0.717) is 35.0 Å². The van der Waals surface area contributed by atoms with E-state index in [-0.39, 0.29) is 11.9 Å². The number of hydrogen-bond acceptors (Lipinski definition) is 5. The Balaban J connectivity index is 1.82. The van der Waals surface area contributed by atoms with Crippen molar-refractivity contribution in [1.82, 2.24) is 15.6 Å². The molecule has 2 aliphatic rings. The molecule has 144 valence electrons. The van der Waals surface area contributed by atoms with Crippen LogP contribution in [0.5, 0.6) is 0 Å². The fourth-order valence-electron chi connectivity index (χ4n) is 4.01. The van der Waals surface area contributed by atoms with Gasteiger partial charge in [0.25, 0.3) is 5.89 Å². The number of halogens is 1. The highest BCUT2D eigenvalue weighted by Crippen LogP contribution is 2.48. The maximum Gasteiger partial charge on any atom is 0.319 e. The molecule has 1 aliphatic carbocycles. The quantitative estimate of drug-likeness (QED) is 0.693. The number of amides is 3. The zero-order valence-corrected chi connectivity index (χ0v) is 15.7. The summed E-state index contributed by atoms with van der Waals surface area (Å²) in [6, 6.07) is 1.34. The van der Waals surface area contributed by atoms with E-state index in [1.165, 1.54) is 0 Å². The summed E-state index contributed by atoms with van der Waals surface area (Å²) in [5, 5.41) is 8.94. The van der Waals surface area contributed by atoms with Crippen LogP contribution in [0.2, 0.25) is 5.02 Å². The van der Waals surface area contributed by atoms with Crippen molar-refractivity contribution < 1.29 is 18.7 Å². The van der Waals surface area contributed by atoms with Crippen LogP contribution in [0, 0.1) is 0 Å². The van der Waals surface area contributed by atoms with E-state index in [9.17, 15) is 9.59 Å². The Morgan fingerprint density at radius 2 is 2.19 bits per heavy atom. The van der Waals surface area contributed by atoms with Gasteiger partial charge in [0.2, 0.25) is 0 Å². The van der Waals surface area contributed by atoms with E-state index in [4.69, 9.17) is 20.8 Å². The lowest BCUT2D eigenvalue weighted by atomic mass is 9.74. The maximum absolute atomic E-state index is 12.3. The predicted molar refractivity (Wildman–Crippen MR) is 100 cm³/mol. The van der Waals surface area contributed by atoms with Crippen LogP contribution >= 0.6 is 11.6 Å². The number of carbonyl (C=O) groups excluding carboxylic acids is 2. The molecule has 0 saturated heterocycles. The number of rotatable bonds is 4. The molecule has 8 nitrogen and oxygen atoms in total. The normalized spacial score (nSPS) is 18.1. The summed E-state index contributed by atoms with van der Waals surface area (Å²) < 4.78 is 10.8. The Hall–Kier alpha value is -2.32. The summed E-state index contributed by atoms with van der Waals surface area (Å²) >= 11 is 6.44. The summed E-state index contributed by atoms with van der Waals surface area (Å²) in [5.74, 6) is -0.452. The summed E-state index contributed by atoms with van der Waals surface area (Å²) in [6.45, 7) is 0.751. The number of anilines is 1. The summed E-state index contributed by atoms with van der Waals surface area (Å²) in [4.78, 5) is 28.9. The minimum Gasteiger partial charge on any atom is -0.432 e. The molecule has 1 aromatic carbocycles. The van der Waals surface area contributed by atoms with E-state index in [0.717, 1.165) is 37.7 Å². The molecule has 2 heterocycles. The maximum atomic E-state index is 12.3. The highest BCUT2D eigenvalue weighted by atomic mass is 35.5. The van der Waals surface area contributed by atoms with Gasteiger partial charge < -0.3 is 25.1 Å². The number of carbonyl (C=O) groups is 2. The standard InChI is InChI=1S/C18H21ClN4O4/c1-26-8-7-20-15(24)16-21-11-9-10(19)13-12(14(11)27-16)18(23-17(25)22-13)5-3-2-4-6-18/h9H,2-8H2,1H3,(H,20,24)(H2,22,23,25). The summed E-state index contributed by atoms with van der Waals surface area (Å²) in [5.41, 5.74) is 1.76. The molecule has 1 saturated carbocycles. The summed E-state index contributed by atoms with van der Waals surface area (Å²) in [7, 11) is 1.56. The third kappa shape index (κ3) is 3.12. The molecule has 0 bridgehead atoms. The fraction of sp³-hybridized carbons (Fsp3) is 0.500. The molecule has 9 heteroatoms. The smallest absolute Gasteiger partial charge is 0.319 e. The first-order chi connectivity index (χ1) is 13.0. The van der Waals surface area contributed by atoms with Crippen LogP contribution in [0.3, 0.4) is 0 Å². The molecular weight excluding hydrogens is 372 g/mol. The van der Waals surface area contributed by atoms with Gasteiger partial charge in [-0.3, -0.25) is 4.79 Å². The highest BCUT2D eigenvalue weighted by molar-refractivity contribution is 6.35. The second-order valence-corrected chi connectivity index (χ2v) is 7.35. The number of ether oxygens (including phenoxy) is 1. The van der Waals surface area contributed by atoms with Crippen molar-refractivity contribution >= 4 is 40.3 Å². The highest BCUT2D eigenvalue weighted by Gasteiger charge is 2.44. The zero-order chi connectivity index (χ0) is 19.0. The van der Waals surface area contributed by atoms with Crippen LogP contribution in [0.4, 0.5) is 10.5 Å². The summed E-state index contributed by atoms with van der Waals surface area (Å²) in [6.07, 6.45) is 4.68. The molecule has 3 amide bonds. The number of oxazole rings is 1. The van der Waals surface area contributed by atoms with Gasteiger partial charge in [-0.1, -0.05) is 30.9 Å². The molecule has 0 atom stereocenters. The van der Waals surface area contributed by atoms with Crippen LogP contribution in [-0.4, -0.2) is 37.2 Å². The number of hydrogen-bond donors (Lipinski definition) is 3.